The maximum absolute atomic E-state index is 12.8. The van der Waals surface area contributed by atoms with Crippen LogP contribution < -0.4 is 26.0 Å². The number of hydrogen-bond donors (Lipinski definition) is 1. The molecule has 0 fully saturated rings. The van der Waals surface area contributed by atoms with Gasteiger partial charge in [0.2, 0.25) is 12.7 Å². The van der Waals surface area contributed by atoms with Gasteiger partial charge >= 0.3 is 5.69 Å². The molecule has 2 aromatic heterocycles. The lowest BCUT2D eigenvalue weighted by Gasteiger charge is -2.14. The number of hydrogen-bond acceptors (Lipinski definition) is 7. The van der Waals surface area contributed by atoms with Gasteiger partial charge in [-0.1, -0.05) is 0 Å². The predicted octanol–water partition coefficient (Wildman–Crippen LogP) is 1.57. The third-order valence-electron chi connectivity index (χ3n) is 4.17. The maximum Gasteiger partial charge on any atom is 0.332 e. The van der Waals surface area contributed by atoms with Crippen LogP contribution in [0.3, 0.4) is 0 Å². The first-order valence-corrected chi connectivity index (χ1v) is 9.08. The highest BCUT2D eigenvalue weighted by Gasteiger charge is 2.19. The highest BCUT2D eigenvalue weighted by Crippen LogP contribution is 2.34. The molecule has 3 aromatic rings. The summed E-state index contributed by atoms with van der Waals surface area (Å²) in [4.78, 5) is 37.7. The van der Waals surface area contributed by atoms with Crippen LogP contribution in [0.1, 0.15) is 19.9 Å². The van der Waals surface area contributed by atoms with Gasteiger partial charge in [-0.25, -0.2) is 4.79 Å². The van der Waals surface area contributed by atoms with Gasteiger partial charge < -0.3 is 14.8 Å². The van der Waals surface area contributed by atoms with Gasteiger partial charge in [0.05, 0.1) is 5.52 Å². The number of rotatable bonds is 4. The summed E-state index contributed by atoms with van der Waals surface area (Å²) < 4.78 is 17.0. The number of amides is 1. The average Bonchev–Trinajstić information content (AvgIpc) is 3.27. The van der Waals surface area contributed by atoms with E-state index in [2.05, 4.69) is 9.69 Å². The van der Waals surface area contributed by atoms with E-state index in [4.69, 9.17) is 9.47 Å². The molecule has 0 radical (unpaired) electrons. The Labute approximate surface area is 156 Å². The van der Waals surface area contributed by atoms with Crippen LogP contribution in [0.4, 0.5) is 5.69 Å². The molecule has 1 aliphatic rings. The van der Waals surface area contributed by atoms with E-state index in [0.717, 1.165) is 16.1 Å². The lowest BCUT2D eigenvalue weighted by atomic mass is 10.2. The zero-order chi connectivity index (χ0) is 19.1. The Hall–Kier alpha value is -3.14. The number of fused-ring (bicyclic) bond motifs is 2. The summed E-state index contributed by atoms with van der Waals surface area (Å²) in [5, 5.41) is 4.32. The molecule has 1 aromatic carbocycles. The number of nitrogens with zero attached hydrogens (tertiary/aromatic N) is 3. The third-order valence-corrected chi connectivity index (χ3v) is 4.79. The maximum atomic E-state index is 12.8. The summed E-state index contributed by atoms with van der Waals surface area (Å²) in [6, 6.07) is 4.69. The summed E-state index contributed by atoms with van der Waals surface area (Å²) in [6.45, 7) is 3.37. The number of carbonyl (C=O) groups is 1. The highest BCUT2D eigenvalue weighted by molar-refractivity contribution is 7.04. The first kappa shape index (κ1) is 17.3. The molecule has 9 nitrogen and oxygen atoms in total. The van der Waals surface area contributed by atoms with Gasteiger partial charge in [-0.3, -0.25) is 18.7 Å². The zero-order valence-corrected chi connectivity index (χ0v) is 15.4. The summed E-state index contributed by atoms with van der Waals surface area (Å²) in [5.41, 5.74) is 0.0771. The van der Waals surface area contributed by atoms with Crippen molar-refractivity contribution in [3.8, 4) is 11.5 Å². The third kappa shape index (κ3) is 2.97. The largest absolute Gasteiger partial charge is 0.454 e. The quantitative estimate of drug-likeness (QED) is 0.727. The molecule has 0 saturated carbocycles. The van der Waals surface area contributed by atoms with Gasteiger partial charge in [-0.15, -0.1) is 0 Å². The topological polar surface area (TPSA) is 104 Å². The molecule has 140 valence electrons. The molecule has 0 bridgehead atoms. The second kappa shape index (κ2) is 6.54. The minimum Gasteiger partial charge on any atom is -0.454 e. The van der Waals surface area contributed by atoms with Crippen molar-refractivity contribution >= 4 is 34.2 Å². The fourth-order valence-corrected chi connectivity index (χ4v) is 3.60. The van der Waals surface area contributed by atoms with Gasteiger partial charge in [-0.05, 0) is 37.5 Å². The van der Waals surface area contributed by atoms with Crippen LogP contribution in [0.15, 0.2) is 33.2 Å². The molecule has 0 saturated heterocycles. The SMILES string of the molecule is CC(C)n1c(=O)c2nscc2n(CC(=O)Nc2ccc3c(c2)OCO3)c1=O. The zero-order valence-electron chi connectivity index (χ0n) is 14.6. The summed E-state index contributed by atoms with van der Waals surface area (Å²) in [5.74, 6) is 0.749. The Kier molecular flexibility index (Phi) is 4.19. The van der Waals surface area contributed by atoms with E-state index in [-0.39, 0.29) is 24.9 Å². The molecule has 3 heterocycles. The molecule has 1 amide bonds. The smallest absolute Gasteiger partial charge is 0.332 e. The fraction of sp³-hybridized carbons (Fsp3) is 0.294. The average molecular weight is 388 g/mol. The molecule has 1 N–H and O–H groups in total. The van der Waals surface area contributed by atoms with Gasteiger partial charge in [0.25, 0.3) is 5.56 Å². The second-order valence-electron chi connectivity index (χ2n) is 6.30. The van der Waals surface area contributed by atoms with Crippen molar-refractivity contribution in [3.05, 3.63) is 44.4 Å². The van der Waals surface area contributed by atoms with Crippen LogP contribution in [-0.4, -0.2) is 26.2 Å². The number of aromatic nitrogens is 3. The Morgan fingerprint density at radius 2 is 2.07 bits per heavy atom. The molecular weight excluding hydrogens is 372 g/mol. The minimum absolute atomic E-state index is 0.141. The lowest BCUT2D eigenvalue weighted by Crippen LogP contribution is -2.42. The molecule has 0 atom stereocenters. The Morgan fingerprint density at radius 1 is 1.30 bits per heavy atom. The summed E-state index contributed by atoms with van der Waals surface area (Å²) in [6.07, 6.45) is 0. The van der Waals surface area contributed by atoms with Crippen molar-refractivity contribution in [2.24, 2.45) is 0 Å². The Balaban J connectivity index is 1.67. The van der Waals surface area contributed by atoms with E-state index < -0.39 is 17.2 Å². The van der Waals surface area contributed by atoms with E-state index in [9.17, 15) is 14.4 Å². The molecule has 10 heteroatoms. The van der Waals surface area contributed by atoms with Crippen molar-refractivity contribution in [2.75, 3.05) is 12.1 Å². The molecular formula is C17H16N4O5S. The standard InChI is InChI=1S/C17H16N4O5S/c1-9(2)21-16(23)15-11(7-27-19-15)20(17(21)24)6-14(22)18-10-3-4-12-13(5-10)26-8-25-12/h3-5,7,9H,6,8H2,1-2H3,(H,18,22). The number of nitrogens with one attached hydrogen (secondary N) is 1. The van der Waals surface area contributed by atoms with E-state index in [1.165, 1.54) is 4.57 Å². The number of anilines is 1. The molecule has 27 heavy (non-hydrogen) atoms. The van der Waals surface area contributed by atoms with Crippen LogP contribution in [0.5, 0.6) is 11.5 Å². The lowest BCUT2D eigenvalue weighted by molar-refractivity contribution is -0.116. The number of carbonyl (C=O) groups excluding carboxylic acids is 1. The van der Waals surface area contributed by atoms with Crippen molar-refractivity contribution in [1.82, 2.24) is 13.5 Å². The molecule has 0 unspecified atom stereocenters. The molecule has 0 aliphatic carbocycles. The predicted molar refractivity (Wildman–Crippen MR) is 99.7 cm³/mol. The van der Waals surface area contributed by atoms with Crippen LogP contribution in [0.2, 0.25) is 0 Å². The number of benzene rings is 1. The minimum atomic E-state index is -0.538. The first-order valence-electron chi connectivity index (χ1n) is 8.24. The highest BCUT2D eigenvalue weighted by atomic mass is 32.1. The van der Waals surface area contributed by atoms with Crippen LogP contribution in [0.25, 0.3) is 11.0 Å². The Morgan fingerprint density at radius 3 is 2.85 bits per heavy atom. The first-order chi connectivity index (χ1) is 13.0. The van der Waals surface area contributed by atoms with E-state index >= 15 is 0 Å². The van der Waals surface area contributed by atoms with Crippen molar-refractivity contribution in [1.29, 1.82) is 0 Å². The number of ether oxygens (including phenoxy) is 2. The van der Waals surface area contributed by atoms with Crippen molar-refractivity contribution in [3.63, 3.8) is 0 Å². The van der Waals surface area contributed by atoms with E-state index in [1.807, 2.05) is 0 Å². The van der Waals surface area contributed by atoms with Crippen LogP contribution >= 0.6 is 11.5 Å². The van der Waals surface area contributed by atoms with Gasteiger partial charge in [0.15, 0.2) is 17.0 Å². The van der Waals surface area contributed by atoms with E-state index in [0.29, 0.717) is 22.7 Å². The fourth-order valence-electron chi connectivity index (χ4n) is 2.93. The van der Waals surface area contributed by atoms with Crippen molar-refractivity contribution in [2.45, 2.75) is 26.4 Å². The monoisotopic (exact) mass is 388 g/mol. The van der Waals surface area contributed by atoms with Gasteiger partial charge in [-0.2, -0.15) is 4.37 Å². The Bertz CT molecular complexity index is 1160. The van der Waals surface area contributed by atoms with Crippen molar-refractivity contribution < 1.29 is 14.3 Å². The van der Waals surface area contributed by atoms with Gasteiger partial charge in [0.1, 0.15) is 6.54 Å². The van der Waals surface area contributed by atoms with Crippen LogP contribution in [0, 0.1) is 0 Å². The summed E-state index contributed by atoms with van der Waals surface area (Å²) in [7, 11) is 0. The summed E-state index contributed by atoms with van der Waals surface area (Å²) >= 11 is 1.07. The van der Waals surface area contributed by atoms with Gasteiger partial charge in [0, 0.05) is 23.2 Å². The molecule has 0 spiro atoms. The molecule has 1 aliphatic heterocycles. The second-order valence-corrected chi connectivity index (χ2v) is 6.93. The molecule has 4 rings (SSSR count). The van der Waals surface area contributed by atoms with Crippen LogP contribution in [-0.2, 0) is 11.3 Å². The van der Waals surface area contributed by atoms with E-state index in [1.54, 1.807) is 37.4 Å². The normalized spacial score (nSPS) is 12.7.